The van der Waals surface area contributed by atoms with Crippen LogP contribution < -0.4 is 0 Å². The van der Waals surface area contributed by atoms with Crippen molar-refractivity contribution in [3.05, 3.63) is 65.7 Å². The summed E-state index contributed by atoms with van der Waals surface area (Å²) in [4.78, 5) is 0. The molecule has 0 aliphatic heterocycles. The van der Waals surface area contributed by atoms with Crippen LogP contribution in [-0.4, -0.2) is 5.11 Å². The number of phenolic OH excluding ortho intramolecular Hbond substituents is 1. The van der Waals surface area contributed by atoms with Crippen molar-refractivity contribution in [1.29, 1.82) is 10.5 Å². The maximum atomic E-state index is 8.63. The van der Waals surface area contributed by atoms with Crippen LogP contribution in [0.3, 0.4) is 0 Å². The second-order valence-electron chi connectivity index (χ2n) is 3.10. The van der Waals surface area contributed by atoms with Gasteiger partial charge in [0.15, 0.2) is 0 Å². The van der Waals surface area contributed by atoms with E-state index in [1.54, 1.807) is 48.5 Å². The number of benzene rings is 2. The van der Waals surface area contributed by atoms with E-state index < -0.39 is 0 Å². The first-order chi connectivity index (χ1) is 8.27. The van der Waals surface area contributed by atoms with Crippen LogP contribution in [0.25, 0.3) is 0 Å². The quantitative estimate of drug-likeness (QED) is 0.745. The first-order valence-corrected chi connectivity index (χ1v) is 4.91. The lowest BCUT2D eigenvalue weighted by molar-refractivity contribution is 0.475. The molecular formula is C14H10N2O. The third-order valence-corrected chi connectivity index (χ3v) is 1.92. The smallest absolute Gasteiger partial charge is 0.115 e. The first kappa shape index (κ1) is 12.3. The zero-order valence-electron chi connectivity index (χ0n) is 9.04. The summed E-state index contributed by atoms with van der Waals surface area (Å²) in [5, 5.41) is 25.5. The third-order valence-electron chi connectivity index (χ3n) is 1.92. The molecule has 0 spiro atoms. The van der Waals surface area contributed by atoms with Gasteiger partial charge in [-0.3, -0.25) is 0 Å². The Kier molecular flexibility index (Phi) is 4.81. The van der Waals surface area contributed by atoms with Gasteiger partial charge in [-0.25, -0.2) is 0 Å². The number of aromatic hydroxyl groups is 1. The summed E-state index contributed by atoms with van der Waals surface area (Å²) in [6.45, 7) is 0. The Hall–Kier alpha value is -2.78. The van der Waals surface area contributed by atoms with E-state index in [9.17, 15) is 0 Å². The minimum Gasteiger partial charge on any atom is -0.508 e. The highest BCUT2D eigenvalue weighted by Crippen LogP contribution is 2.04. The Balaban J connectivity index is 0.000000181. The molecule has 0 atom stereocenters. The summed E-state index contributed by atoms with van der Waals surface area (Å²) < 4.78 is 0. The molecule has 0 fully saturated rings. The molecule has 2 aromatic rings. The van der Waals surface area contributed by atoms with Crippen LogP contribution in [0.4, 0.5) is 0 Å². The molecule has 3 heteroatoms. The van der Waals surface area contributed by atoms with Gasteiger partial charge in [-0.05, 0) is 24.3 Å². The van der Waals surface area contributed by atoms with Crippen molar-refractivity contribution in [1.82, 2.24) is 0 Å². The van der Waals surface area contributed by atoms with Gasteiger partial charge >= 0.3 is 0 Å². The van der Waals surface area contributed by atoms with Crippen molar-refractivity contribution in [2.24, 2.45) is 0 Å². The van der Waals surface area contributed by atoms with Crippen molar-refractivity contribution in [2.45, 2.75) is 0 Å². The van der Waals surface area contributed by atoms with Gasteiger partial charge in [0.1, 0.15) is 17.9 Å². The summed E-state index contributed by atoms with van der Waals surface area (Å²) in [7, 11) is 0. The zero-order valence-corrected chi connectivity index (χ0v) is 9.04. The van der Waals surface area contributed by atoms with E-state index in [4.69, 9.17) is 15.6 Å². The number of nitrogens with zero attached hydrogens (tertiary/aromatic N) is 2. The van der Waals surface area contributed by atoms with Crippen molar-refractivity contribution in [3.63, 3.8) is 0 Å². The van der Waals surface area contributed by atoms with Crippen molar-refractivity contribution < 1.29 is 5.11 Å². The van der Waals surface area contributed by atoms with Crippen molar-refractivity contribution >= 4 is 0 Å². The standard InChI is InChI=1S/C8H4N2.C6H6O/c9-5-7-3-1-2-4-8(7)6-10;7-6-4-2-1-3-5-6/h1-4H;1-5,7H. The molecule has 0 bridgehead atoms. The number of rotatable bonds is 0. The molecule has 2 aromatic carbocycles. The average molecular weight is 222 g/mol. The molecular weight excluding hydrogens is 212 g/mol. The molecule has 0 amide bonds. The van der Waals surface area contributed by atoms with Gasteiger partial charge in [-0.15, -0.1) is 0 Å². The summed E-state index contributed by atoms with van der Waals surface area (Å²) in [5.74, 6) is 0.322. The monoisotopic (exact) mass is 222 g/mol. The fourth-order valence-corrected chi connectivity index (χ4v) is 1.11. The van der Waals surface area contributed by atoms with Gasteiger partial charge in [0.05, 0.1) is 11.1 Å². The second kappa shape index (κ2) is 6.66. The maximum absolute atomic E-state index is 8.63. The molecule has 0 radical (unpaired) electrons. The SMILES string of the molecule is N#Cc1ccccc1C#N.Oc1ccccc1. The van der Waals surface area contributed by atoms with Crippen LogP contribution in [-0.2, 0) is 0 Å². The Morgan fingerprint density at radius 1 is 0.706 bits per heavy atom. The molecule has 2 rings (SSSR count). The number of hydrogen-bond acceptors (Lipinski definition) is 3. The lowest BCUT2D eigenvalue weighted by Crippen LogP contribution is -1.79. The Morgan fingerprint density at radius 2 is 1.12 bits per heavy atom. The van der Waals surface area contributed by atoms with Crippen LogP contribution in [0.2, 0.25) is 0 Å². The van der Waals surface area contributed by atoms with E-state index in [0.717, 1.165) is 0 Å². The molecule has 0 unspecified atom stereocenters. The fraction of sp³-hybridized carbons (Fsp3) is 0. The number of nitriles is 2. The number of para-hydroxylation sites is 1. The molecule has 0 saturated carbocycles. The highest BCUT2D eigenvalue weighted by Gasteiger charge is 1.95. The summed E-state index contributed by atoms with van der Waals surface area (Å²) >= 11 is 0. The van der Waals surface area contributed by atoms with E-state index >= 15 is 0 Å². The van der Waals surface area contributed by atoms with Gasteiger partial charge in [0, 0.05) is 0 Å². The maximum Gasteiger partial charge on any atom is 0.115 e. The number of phenols is 1. The molecule has 0 aliphatic carbocycles. The van der Waals surface area contributed by atoms with Crippen LogP contribution >= 0.6 is 0 Å². The van der Waals surface area contributed by atoms with E-state index in [1.165, 1.54) is 0 Å². The van der Waals surface area contributed by atoms with E-state index in [2.05, 4.69) is 0 Å². The summed E-state index contributed by atoms with van der Waals surface area (Å²) in [5.41, 5.74) is 0.870. The topological polar surface area (TPSA) is 67.8 Å². The van der Waals surface area contributed by atoms with Crippen LogP contribution in [0.5, 0.6) is 5.75 Å². The van der Waals surface area contributed by atoms with E-state index in [0.29, 0.717) is 16.9 Å². The van der Waals surface area contributed by atoms with Gasteiger partial charge in [0.25, 0.3) is 0 Å². The molecule has 0 heterocycles. The fourth-order valence-electron chi connectivity index (χ4n) is 1.11. The first-order valence-electron chi connectivity index (χ1n) is 4.91. The molecule has 0 saturated heterocycles. The summed E-state index contributed by atoms with van der Waals surface area (Å²) in [6, 6.07) is 19.3. The van der Waals surface area contributed by atoms with E-state index in [1.807, 2.05) is 18.2 Å². The van der Waals surface area contributed by atoms with Crippen LogP contribution in [0.15, 0.2) is 54.6 Å². The zero-order chi connectivity index (χ0) is 12.5. The molecule has 82 valence electrons. The molecule has 0 aromatic heterocycles. The molecule has 17 heavy (non-hydrogen) atoms. The van der Waals surface area contributed by atoms with Crippen LogP contribution in [0.1, 0.15) is 11.1 Å². The molecule has 1 N–H and O–H groups in total. The Labute approximate surface area is 99.8 Å². The highest BCUT2D eigenvalue weighted by molar-refractivity contribution is 5.44. The predicted molar refractivity (Wildman–Crippen MR) is 64.0 cm³/mol. The summed E-state index contributed by atoms with van der Waals surface area (Å²) in [6.07, 6.45) is 0. The molecule has 0 aliphatic rings. The largest absolute Gasteiger partial charge is 0.508 e. The third kappa shape index (κ3) is 4.07. The minimum absolute atomic E-state index is 0.322. The second-order valence-corrected chi connectivity index (χ2v) is 3.10. The lowest BCUT2D eigenvalue weighted by Gasteiger charge is -1.88. The minimum atomic E-state index is 0.322. The highest BCUT2D eigenvalue weighted by atomic mass is 16.3. The average Bonchev–Trinajstić information content (AvgIpc) is 2.40. The van der Waals surface area contributed by atoms with Crippen molar-refractivity contribution in [2.75, 3.05) is 0 Å². The Morgan fingerprint density at radius 3 is 1.41 bits per heavy atom. The van der Waals surface area contributed by atoms with Gasteiger partial charge in [-0.1, -0.05) is 30.3 Å². The molecule has 3 nitrogen and oxygen atoms in total. The predicted octanol–water partition coefficient (Wildman–Crippen LogP) is 2.82. The van der Waals surface area contributed by atoms with Gasteiger partial charge in [0.2, 0.25) is 0 Å². The lowest BCUT2D eigenvalue weighted by atomic mass is 10.1. The number of hydrogen-bond donors (Lipinski definition) is 1. The normalized spacial score (nSPS) is 8.12. The van der Waals surface area contributed by atoms with Crippen molar-refractivity contribution in [3.8, 4) is 17.9 Å². The van der Waals surface area contributed by atoms with Crippen LogP contribution in [0, 0.1) is 22.7 Å². The Bertz CT molecular complexity index is 517. The van der Waals surface area contributed by atoms with Gasteiger partial charge < -0.3 is 5.11 Å². The van der Waals surface area contributed by atoms with E-state index in [-0.39, 0.29) is 0 Å². The van der Waals surface area contributed by atoms with Gasteiger partial charge in [-0.2, -0.15) is 10.5 Å².